The summed E-state index contributed by atoms with van der Waals surface area (Å²) in [5, 5.41) is 6.93. The summed E-state index contributed by atoms with van der Waals surface area (Å²) in [5.74, 6) is -0.0607. The molecule has 7 heteroatoms. The minimum atomic E-state index is -0.198. The summed E-state index contributed by atoms with van der Waals surface area (Å²) in [7, 11) is 0. The molecule has 6 nitrogen and oxygen atoms in total. The molecule has 0 aliphatic carbocycles. The number of nitrogens with zero attached hydrogens (tertiary/aromatic N) is 3. The maximum atomic E-state index is 12.5. The van der Waals surface area contributed by atoms with Crippen LogP contribution in [-0.2, 0) is 11.2 Å². The van der Waals surface area contributed by atoms with Crippen molar-refractivity contribution in [1.82, 2.24) is 9.59 Å². The Bertz CT molecular complexity index is 772. The quantitative estimate of drug-likeness (QED) is 0.904. The van der Waals surface area contributed by atoms with Crippen LogP contribution in [0.1, 0.15) is 47.1 Å². The lowest BCUT2D eigenvalue weighted by molar-refractivity contribution is -0.117. The molecule has 0 saturated carbocycles. The van der Waals surface area contributed by atoms with Crippen LogP contribution in [0.15, 0.2) is 18.2 Å². The Morgan fingerprint density at radius 1 is 1.42 bits per heavy atom. The van der Waals surface area contributed by atoms with E-state index in [0.717, 1.165) is 54.3 Å². The molecule has 2 aromatic rings. The standard InChI is InChI=1S/C17H20N4O2S/c1-3-5-13-16(24-20-19-13)17(23)18-12-8-7-11(2)14(10-12)21-9-4-6-15(21)22/h7-8,10H,3-6,9H2,1-2H3,(H,18,23). The van der Waals surface area contributed by atoms with E-state index < -0.39 is 0 Å². The number of anilines is 2. The molecule has 2 heterocycles. The van der Waals surface area contributed by atoms with E-state index in [9.17, 15) is 9.59 Å². The molecule has 1 aromatic heterocycles. The van der Waals surface area contributed by atoms with Gasteiger partial charge in [-0.2, -0.15) is 0 Å². The first-order valence-corrected chi connectivity index (χ1v) is 8.91. The Balaban J connectivity index is 1.81. The minimum absolute atomic E-state index is 0.137. The van der Waals surface area contributed by atoms with E-state index in [2.05, 4.69) is 14.9 Å². The van der Waals surface area contributed by atoms with Crippen molar-refractivity contribution in [2.24, 2.45) is 0 Å². The summed E-state index contributed by atoms with van der Waals surface area (Å²) >= 11 is 1.11. The van der Waals surface area contributed by atoms with Crippen LogP contribution in [-0.4, -0.2) is 27.9 Å². The van der Waals surface area contributed by atoms with Crippen LogP contribution >= 0.6 is 11.5 Å². The molecule has 0 atom stereocenters. The van der Waals surface area contributed by atoms with Crippen molar-refractivity contribution in [3.8, 4) is 0 Å². The number of benzene rings is 1. The average molecular weight is 344 g/mol. The third-order valence-corrected chi connectivity index (χ3v) is 4.85. The summed E-state index contributed by atoms with van der Waals surface area (Å²) in [6.07, 6.45) is 3.11. The van der Waals surface area contributed by atoms with Crippen molar-refractivity contribution < 1.29 is 9.59 Å². The normalized spacial score (nSPS) is 14.2. The second-order valence-electron chi connectivity index (χ2n) is 5.90. The molecule has 1 aliphatic rings. The van der Waals surface area contributed by atoms with E-state index >= 15 is 0 Å². The Kier molecular flexibility index (Phi) is 4.89. The molecule has 2 amide bonds. The Labute approximate surface area is 145 Å². The van der Waals surface area contributed by atoms with Gasteiger partial charge in [-0.15, -0.1) is 5.10 Å². The molecular formula is C17H20N4O2S. The molecule has 1 fully saturated rings. The molecule has 0 unspecified atom stereocenters. The van der Waals surface area contributed by atoms with Crippen LogP contribution in [0.2, 0.25) is 0 Å². The van der Waals surface area contributed by atoms with Crippen LogP contribution < -0.4 is 10.2 Å². The summed E-state index contributed by atoms with van der Waals surface area (Å²) < 4.78 is 3.89. The smallest absolute Gasteiger partial charge is 0.269 e. The number of aryl methyl sites for hydroxylation is 2. The Morgan fingerprint density at radius 2 is 2.25 bits per heavy atom. The maximum Gasteiger partial charge on any atom is 0.269 e. The number of aromatic nitrogens is 2. The third kappa shape index (κ3) is 3.31. The summed E-state index contributed by atoms with van der Waals surface area (Å²) in [4.78, 5) is 26.8. The second-order valence-corrected chi connectivity index (χ2v) is 6.66. The van der Waals surface area contributed by atoms with E-state index in [1.54, 1.807) is 4.90 Å². The molecule has 1 aliphatic heterocycles. The van der Waals surface area contributed by atoms with Crippen LogP contribution in [0.3, 0.4) is 0 Å². The van der Waals surface area contributed by atoms with Gasteiger partial charge in [0.1, 0.15) is 4.88 Å². The molecule has 0 spiro atoms. The Morgan fingerprint density at radius 3 is 2.96 bits per heavy atom. The minimum Gasteiger partial charge on any atom is -0.321 e. The van der Waals surface area contributed by atoms with Gasteiger partial charge in [-0.25, -0.2) is 0 Å². The first kappa shape index (κ1) is 16.6. The van der Waals surface area contributed by atoms with Crippen LogP contribution in [0.4, 0.5) is 11.4 Å². The van der Waals surface area contributed by atoms with Crippen LogP contribution in [0, 0.1) is 6.92 Å². The third-order valence-electron chi connectivity index (χ3n) is 4.08. The summed E-state index contributed by atoms with van der Waals surface area (Å²) in [5.41, 5.74) is 3.30. The highest BCUT2D eigenvalue weighted by molar-refractivity contribution is 7.08. The number of hydrogen-bond donors (Lipinski definition) is 1. The first-order chi connectivity index (χ1) is 11.6. The predicted molar refractivity (Wildman–Crippen MR) is 94.6 cm³/mol. The lowest BCUT2D eigenvalue weighted by atomic mass is 10.1. The number of carbonyl (C=O) groups excluding carboxylic acids is 2. The SMILES string of the molecule is CCCc1nnsc1C(=O)Nc1ccc(C)c(N2CCCC2=O)c1. The van der Waals surface area contributed by atoms with Crippen molar-refractivity contribution in [2.45, 2.75) is 39.5 Å². The molecule has 1 saturated heterocycles. The van der Waals surface area contributed by atoms with E-state index in [1.807, 2.05) is 32.0 Å². The number of hydrogen-bond acceptors (Lipinski definition) is 5. The van der Waals surface area contributed by atoms with Crippen molar-refractivity contribution in [3.63, 3.8) is 0 Å². The van der Waals surface area contributed by atoms with Gasteiger partial charge < -0.3 is 10.2 Å². The van der Waals surface area contributed by atoms with Crippen molar-refractivity contribution in [2.75, 3.05) is 16.8 Å². The number of amides is 2. The first-order valence-electron chi connectivity index (χ1n) is 8.13. The number of rotatable bonds is 5. The fourth-order valence-electron chi connectivity index (χ4n) is 2.85. The molecule has 0 bridgehead atoms. The van der Waals surface area contributed by atoms with E-state index in [4.69, 9.17) is 0 Å². The molecule has 126 valence electrons. The predicted octanol–water partition coefficient (Wildman–Crippen LogP) is 3.18. The van der Waals surface area contributed by atoms with Crippen LogP contribution in [0.5, 0.6) is 0 Å². The van der Waals surface area contributed by atoms with Gasteiger partial charge in [0.25, 0.3) is 5.91 Å². The fraction of sp³-hybridized carbons (Fsp3) is 0.412. The van der Waals surface area contributed by atoms with E-state index in [1.165, 1.54) is 0 Å². The highest BCUT2D eigenvalue weighted by atomic mass is 32.1. The molecule has 1 aromatic carbocycles. The van der Waals surface area contributed by atoms with Gasteiger partial charge in [-0.3, -0.25) is 9.59 Å². The lowest BCUT2D eigenvalue weighted by Gasteiger charge is -2.19. The van der Waals surface area contributed by atoms with E-state index in [0.29, 0.717) is 17.0 Å². The van der Waals surface area contributed by atoms with Gasteiger partial charge in [0, 0.05) is 24.3 Å². The van der Waals surface area contributed by atoms with Gasteiger partial charge >= 0.3 is 0 Å². The monoisotopic (exact) mass is 344 g/mol. The fourth-order valence-corrected chi connectivity index (χ4v) is 3.45. The largest absolute Gasteiger partial charge is 0.321 e. The zero-order valence-electron chi connectivity index (χ0n) is 13.8. The zero-order valence-corrected chi connectivity index (χ0v) is 14.7. The van der Waals surface area contributed by atoms with Crippen molar-refractivity contribution in [3.05, 3.63) is 34.3 Å². The zero-order chi connectivity index (χ0) is 17.1. The van der Waals surface area contributed by atoms with Gasteiger partial charge in [0.15, 0.2) is 0 Å². The number of carbonyl (C=O) groups is 2. The van der Waals surface area contributed by atoms with E-state index in [-0.39, 0.29) is 11.8 Å². The molecule has 1 N–H and O–H groups in total. The highest BCUT2D eigenvalue weighted by Gasteiger charge is 2.23. The van der Waals surface area contributed by atoms with Gasteiger partial charge in [0.05, 0.1) is 5.69 Å². The lowest BCUT2D eigenvalue weighted by Crippen LogP contribution is -2.24. The molecule has 24 heavy (non-hydrogen) atoms. The molecule has 3 rings (SSSR count). The average Bonchev–Trinajstić information content (AvgIpc) is 3.18. The van der Waals surface area contributed by atoms with Gasteiger partial charge in [0.2, 0.25) is 5.91 Å². The second kappa shape index (κ2) is 7.09. The van der Waals surface area contributed by atoms with Crippen molar-refractivity contribution in [1.29, 1.82) is 0 Å². The highest BCUT2D eigenvalue weighted by Crippen LogP contribution is 2.28. The summed E-state index contributed by atoms with van der Waals surface area (Å²) in [6, 6.07) is 5.64. The topological polar surface area (TPSA) is 75.2 Å². The molecular weight excluding hydrogens is 324 g/mol. The Hall–Kier alpha value is -2.28. The molecule has 0 radical (unpaired) electrons. The van der Waals surface area contributed by atoms with Crippen LogP contribution in [0.25, 0.3) is 0 Å². The summed E-state index contributed by atoms with van der Waals surface area (Å²) in [6.45, 7) is 4.75. The van der Waals surface area contributed by atoms with Gasteiger partial charge in [-0.1, -0.05) is 23.9 Å². The van der Waals surface area contributed by atoms with Crippen molar-refractivity contribution >= 4 is 34.7 Å². The number of nitrogens with one attached hydrogen (secondary N) is 1. The maximum absolute atomic E-state index is 12.5. The van der Waals surface area contributed by atoms with Gasteiger partial charge in [-0.05, 0) is 49.0 Å².